The maximum absolute atomic E-state index is 9.74. The molecule has 0 saturated carbocycles. The fourth-order valence-electron chi connectivity index (χ4n) is 2.67. The molecule has 0 fully saturated rings. The Balaban J connectivity index is 2.45. The Kier molecular flexibility index (Phi) is 8.37. The van der Waals surface area contributed by atoms with Crippen LogP contribution in [-0.4, -0.2) is 22.8 Å². The van der Waals surface area contributed by atoms with Gasteiger partial charge in [0.25, 0.3) is 0 Å². The van der Waals surface area contributed by atoms with Crippen LogP contribution >= 0.6 is 46.4 Å². The highest BCUT2D eigenvalue weighted by molar-refractivity contribution is 6.38. The van der Waals surface area contributed by atoms with E-state index >= 15 is 0 Å². The van der Waals surface area contributed by atoms with E-state index in [-0.39, 0.29) is 31.6 Å². The molecule has 0 aliphatic carbocycles. The van der Waals surface area contributed by atoms with E-state index in [2.05, 4.69) is 0 Å². The molecule has 0 aliphatic rings. The van der Waals surface area contributed by atoms with Gasteiger partial charge in [0.15, 0.2) is 24.1 Å². The first-order valence-electron chi connectivity index (χ1n) is 9.19. The highest BCUT2D eigenvalue weighted by Gasteiger charge is 2.28. The summed E-state index contributed by atoms with van der Waals surface area (Å²) < 4.78 is 10.8. The lowest BCUT2D eigenvalue weighted by Crippen LogP contribution is -2.20. The fraction of sp³-hybridized carbons (Fsp3) is 0.429. The van der Waals surface area contributed by atoms with Crippen molar-refractivity contribution in [1.82, 2.24) is 0 Å². The zero-order valence-corrected chi connectivity index (χ0v) is 19.6. The van der Waals surface area contributed by atoms with E-state index in [1.165, 1.54) is 0 Å². The number of ether oxygens (including phenoxy) is 2. The van der Waals surface area contributed by atoms with Gasteiger partial charge in [-0.2, -0.15) is 0 Å². The van der Waals surface area contributed by atoms with Gasteiger partial charge in [-0.25, -0.2) is 0 Å². The summed E-state index contributed by atoms with van der Waals surface area (Å²) in [5, 5.41) is 20.6. The molecule has 0 bridgehead atoms. The van der Waals surface area contributed by atoms with Crippen LogP contribution in [0.1, 0.15) is 51.7 Å². The SMILES string of the molecule is CCC(O)Oc1c(Cl)cc(C(C)(C)c2cc(Cl)c(OC(O)CC)c(Cl)c2)cc1Cl. The lowest BCUT2D eigenvalue weighted by atomic mass is 9.78. The number of hydrogen-bond acceptors (Lipinski definition) is 4. The third-order valence-electron chi connectivity index (χ3n) is 4.65. The number of hydrogen-bond donors (Lipinski definition) is 2. The molecule has 0 saturated heterocycles. The molecule has 2 atom stereocenters. The molecule has 0 aromatic heterocycles. The number of aliphatic hydroxyl groups excluding tert-OH is 2. The minimum atomic E-state index is -0.993. The standard InChI is InChI=1S/C21H24Cl4O4/c1-5-17(26)28-19-13(22)7-11(8-14(19)23)21(3,4)12-9-15(24)20(16(25)10-12)29-18(27)6-2/h7-10,17-18,26-27H,5-6H2,1-4H3. The van der Waals surface area contributed by atoms with Crippen LogP contribution in [0, 0.1) is 0 Å². The fourth-order valence-corrected chi connectivity index (χ4v) is 3.82. The maximum atomic E-state index is 9.74. The van der Waals surface area contributed by atoms with Crippen LogP contribution in [0.4, 0.5) is 0 Å². The van der Waals surface area contributed by atoms with Crippen molar-refractivity contribution in [3.63, 3.8) is 0 Å². The topological polar surface area (TPSA) is 58.9 Å². The lowest BCUT2D eigenvalue weighted by molar-refractivity contribution is -0.0194. The number of benzene rings is 2. The van der Waals surface area contributed by atoms with Gasteiger partial charge < -0.3 is 19.7 Å². The molecule has 2 unspecified atom stereocenters. The van der Waals surface area contributed by atoms with Gasteiger partial charge in [0.1, 0.15) is 0 Å². The number of halogens is 4. The molecule has 4 nitrogen and oxygen atoms in total. The zero-order valence-electron chi connectivity index (χ0n) is 16.6. The van der Waals surface area contributed by atoms with Gasteiger partial charge in [-0.05, 0) is 35.4 Å². The Morgan fingerprint density at radius 2 is 1.00 bits per heavy atom. The largest absolute Gasteiger partial charge is 0.462 e. The average molecular weight is 482 g/mol. The summed E-state index contributed by atoms with van der Waals surface area (Å²) in [4.78, 5) is 0. The Labute approximate surface area is 191 Å². The minimum Gasteiger partial charge on any atom is -0.462 e. The second-order valence-electron chi connectivity index (χ2n) is 7.12. The van der Waals surface area contributed by atoms with Gasteiger partial charge in [0.05, 0.1) is 20.1 Å². The maximum Gasteiger partial charge on any atom is 0.197 e. The summed E-state index contributed by atoms with van der Waals surface area (Å²) in [6.45, 7) is 7.51. The second kappa shape index (κ2) is 9.95. The van der Waals surface area contributed by atoms with Crippen LogP contribution in [0.3, 0.4) is 0 Å². The molecular formula is C21H24Cl4O4. The summed E-state index contributed by atoms with van der Waals surface area (Å²) >= 11 is 25.5. The summed E-state index contributed by atoms with van der Waals surface area (Å²) in [6, 6.07) is 6.94. The number of aliphatic hydroxyl groups is 2. The Hall–Kier alpha value is -0.880. The summed E-state index contributed by atoms with van der Waals surface area (Å²) in [6.07, 6.45) is -1.18. The van der Waals surface area contributed by atoms with E-state index < -0.39 is 18.0 Å². The molecule has 2 aromatic carbocycles. The van der Waals surface area contributed by atoms with E-state index in [0.29, 0.717) is 12.8 Å². The first kappa shape index (κ1) is 24.4. The smallest absolute Gasteiger partial charge is 0.197 e. The summed E-state index contributed by atoms with van der Waals surface area (Å²) in [5.74, 6) is 0.464. The van der Waals surface area contributed by atoms with Crippen molar-refractivity contribution in [3.05, 3.63) is 55.5 Å². The molecule has 160 valence electrons. The summed E-state index contributed by atoms with van der Waals surface area (Å²) in [7, 11) is 0. The Morgan fingerprint density at radius 3 is 1.24 bits per heavy atom. The lowest BCUT2D eigenvalue weighted by Gasteiger charge is -2.28. The monoisotopic (exact) mass is 480 g/mol. The highest BCUT2D eigenvalue weighted by Crippen LogP contribution is 2.44. The van der Waals surface area contributed by atoms with Gasteiger partial charge in [0, 0.05) is 18.3 Å². The second-order valence-corrected chi connectivity index (χ2v) is 8.75. The molecule has 29 heavy (non-hydrogen) atoms. The van der Waals surface area contributed by atoms with Gasteiger partial charge in [-0.15, -0.1) is 0 Å². The van der Waals surface area contributed by atoms with Crippen LogP contribution in [0.25, 0.3) is 0 Å². The highest BCUT2D eigenvalue weighted by atomic mass is 35.5. The molecule has 2 aromatic rings. The first-order chi connectivity index (χ1) is 13.5. The first-order valence-corrected chi connectivity index (χ1v) is 10.7. The predicted octanol–water partition coefficient (Wildman–Crippen LogP) is 6.84. The molecule has 8 heteroatoms. The van der Waals surface area contributed by atoms with E-state index in [9.17, 15) is 10.2 Å². The van der Waals surface area contributed by atoms with Gasteiger partial charge in [0.2, 0.25) is 0 Å². The molecule has 0 spiro atoms. The predicted molar refractivity (Wildman–Crippen MR) is 119 cm³/mol. The zero-order chi connectivity index (χ0) is 21.9. The van der Waals surface area contributed by atoms with Crippen molar-refractivity contribution in [2.75, 3.05) is 0 Å². The van der Waals surface area contributed by atoms with Crippen LogP contribution in [0.15, 0.2) is 24.3 Å². The molecule has 0 heterocycles. The quantitative estimate of drug-likeness (QED) is 0.405. The Morgan fingerprint density at radius 1 is 0.724 bits per heavy atom. The summed E-state index contributed by atoms with van der Waals surface area (Å²) in [5.41, 5.74) is 1.05. The van der Waals surface area contributed by atoms with Crippen LogP contribution in [-0.2, 0) is 5.41 Å². The van der Waals surface area contributed by atoms with Crippen LogP contribution < -0.4 is 9.47 Å². The molecule has 0 radical (unpaired) electrons. The molecular weight excluding hydrogens is 458 g/mol. The van der Waals surface area contributed by atoms with E-state index in [0.717, 1.165) is 11.1 Å². The third-order valence-corrected chi connectivity index (χ3v) is 5.77. The van der Waals surface area contributed by atoms with Crippen molar-refractivity contribution in [3.8, 4) is 11.5 Å². The third kappa shape index (κ3) is 5.63. The van der Waals surface area contributed by atoms with Crippen LogP contribution in [0.5, 0.6) is 11.5 Å². The molecule has 0 aliphatic heterocycles. The van der Waals surface area contributed by atoms with E-state index in [1.807, 2.05) is 13.8 Å². The molecule has 0 amide bonds. The minimum absolute atomic E-state index is 0.232. The van der Waals surface area contributed by atoms with Crippen LogP contribution in [0.2, 0.25) is 20.1 Å². The Bertz CT molecular complexity index is 754. The molecule has 2 rings (SSSR count). The van der Waals surface area contributed by atoms with Gasteiger partial charge in [-0.3, -0.25) is 0 Å². The van der Waals surface area contributed by atoms with E-state index in [4.69, 9.17) is 55.9 Å². The average Bonchev–Trinajstić information content (AvgIpc) is 2.66. The van der Waals surface area contributed by atoms with E-state index in [1.54, 1.807) is 38.1 Å². The van der Waals surface area contributed by atoms with Crippen molar-refractivity contribution in [2.24, 2.45) is 0 Å². The van der Waals surface area contributed by atoms with Crippen molar-refractivity contribution in [1.29, 1.82) is 0 Å². The normalized spacial score (nSPS) is 13.9. The van der Waals surface area contributed by atoms with Gasteiger partial charge >= 0.3 is 0 Å². The molecule has 2 N–H and O–H groups in total. The van der Waals surface area contributed by atoms with Gasteiger partial charge in [-0.1, -0.05) is 74.1 Å². The number of rotatable bonds is 8. The van der Waals surface area contributed by atoms with Crippen molar-refractivity contribution >= 4 is 46.4 Å². The van der Waals surface area contributed by atoms with Crippen molar-refractivity contribution < 1.29 is 19.7 Å². The van der Waals surface area contributed by atoms with Crippen molar-refractivity contribution in [2.45, 2.75) is 58.5 Å².